The minimum absolute atomic E-state index is 0.191. The van der Waals surface area contributed by atoms with E-state index in [1.165, 1.54) is 0 Å². The van der Waals surface area contributed by atoms with E-state index in [1.54, 1.807) is 4.90 Å². The Morgan fingerprint density at radius 2 is 2.00 bits per heavy atom. The molecule has 1 unspecified atom stereocenters. The summed E-state index contributed by atoms with van der Waals surface area (Å²) in [5.74, 6) is -0.715. The van der Waals surface area contributed by atoms with Gasteiger partial charge in [0.1, 0.15) is 6.04 Å². The van der Waals surface area contributed by atoms with Crippen molar-refractivity contribution in [2.24, 2.45) is 5.92 Å². The number of aliphatic carboxylic acids is 1. The molecule has 0 aromatic rings. The molecule has 0 aromatic carbocycles. The van der Waals surface area contributed by atoms with Gasteiger partial charge in [-0.25, -0.2) is 9.59 Å². The molecule has 0 aromatic heterocycles. The van der Waals surface area contributed by atoms with E-state index in [1.807, 2.05) is 20.8 Å². The van der Waals surface area contributed by atoms with Gasteiger partial charge >= 0.3 is 12.0 Å². The van der Waals surface area contributed by atoms with Crippen molar-refractivity contribution in [2.75, 3.05) is 6.54 Å². The van der Waals surface area contributed by atoms with Crippen molar-refractivity contribution in [1.29, 1.82) is 0 Å². The second-order valence-corrected chi connectivity index (χ2v) is 5.86. The van der Waals surface area contributed by atoms with Gasteiger partial charge < -0.3 is 15.3 Å². The van der Waals surface area contributed by atoms with Gasteiger partial charge in [-0.2, -0.15) is 0 Å². The van der Waals surface area contributed by atoms with Crippen LogP contribution in [0.3, 0.4) is 0 Å². The largest absolute Gasteiger partial charge is 0.480 e. The smallest absolute Gasteiger partial charge is 0.326 e. The van der Waals surface area contributed by atoms with E-state index in [0.29, 0.717) is 6.42 Å². The fourth-order valence-corrected chi connectivity index (χ4v) is 2.50. The maximum atomic E-state index is 12.2. The molecule has 0 spiro atoms. The highest BCUT2D eigenvalue weighted by Gasteiger charge is 2.27. The zero-order valence-electron chi connectivity index (χ0n) is 12.2. The van der Waals surface area contributed by atoms with Crippen molar-refractivity contribution in [3.05, 3.63) is 0 Å². The number of carboxylic acid groups (broad SMARTS) is 1. The Morgan fingerprint density at radius 3 is 2.58 bits per heavy atom. The first kappa shape index (κ1) is 15.8. The third kappa shape index (κ3) is 5.09. The number of amides is 2. The second kappa shape index (κ2) is 7.36. The summed E-state index contributed by atoms with van der Waals surface area (Å²) in [4.78, 5) is 25.2. The van der Waals surface area contributed by atoms with Crippen molar-refractivity contribution in [3.8, 4) is 0 Å². The van der Waals surface area contributed by atoms with Crippen LogP contribution in [0.2, 0.25) is 0 Å². The van der Waals surface area contributed by atoms with Gasteiger partial charge in [-0.3, -0.25) is 0 Å². The summed E-state index contributed by atoms with van der Waals surface area (Å²) in [6.45, 7) is 6.66. The van der Waals surface area contributed by atoms with Crippen LogP contribution in [0, 0.1) is 5.92 Å². The van der Waals surface area contributed by atoms with Crippen LogP contribution in [0.1, 0.15) is 52.9 Å². The van der Waals surface area contributed by atoms with E-state index in [9.17, 15) is 9.59 Å². The molecule has 2 amide bonds. The van der Waals surface area contributed by atoms with Crippen molar-refractivity contribution in [2.45, 2.75) is 65.0 Å². The first-order chi connectivity index (χ1) is 8.91. The van der Waals surface area contributed by atoms with Crippen LogP contribution in [0.25, 0.3) is 0 Å². The lowest BCUT2D eigenvalue weighted by Gasteiger charge is -2.29. The third-order valence-electron chi connectivity index (χ3n) is 3.62. The number of likely N-dealkylation sites (tertiary alicyclic amines) is 1. The van der Waals surface area contributed by atoms with Gasteiger partial charge in [0.25, 0.3) is 0 Å². The summed E-state index contributed by atoms with van der Waals surface area (Å²) in [6.07, 6.45) is 4.74. The standard InChI is InChI=1S/C14H26N2O3/c1-10(2)9-12(13(17)18)15-14(19)16-8-6-4-5-7-11(16)3/h10-12H,4-9H2,1-3H3,(H,15,19)(H,17,18)/t11?,12-/m1/s1. The van der Waals surface area contributed by atoms with Crippen LogP contribution < -0.4 is 5.32 Å². The molecule has 5 nitrogen and oxygen atoms in total. The van der Waals surface area contributed by atoms with Crippen molar-refractivity contribution in [3.63, 3.8) is 0 Å². The van der Waals surface area contributed by atoms with Crippen molar-refractivity contribution in [1.82, 2.24) is 10.2 Å². The van der Waals surface area contributed by atoms with Gasteiger partial charge in [-0.05, 0) is 32.1 Å². The molecule has 0 bridgehead atoms. The number of carbonyl (C=O) groups excluding carboxylic acids is 1. The quantitative estimate of drug-likeness (QED) is 0.824. The highest BCUT2D eigenvalue weighted by Crippen LogP contribution is 2.16. The van der Waals surface area contributed by atoms with Gasteiger partial charge in [-0.15, -0.1) is 0 Å². The highest BCUT2D eigenvalue weighted by atomic mass is 16.4. The number of hydrogen-bond acceptors (Lipinski definition) is 2. The van der Waals surface area contributed by atoms with E-state index in [0.717, 1.165) is 32.2 Å². The Labute approximate surface area is 115 Å². The Morgan fingerprint density at radius 1 is 1.32 bits per heavy atom. The number of carbonyl (C=O) groups is 2. The predicted molar refractivity (Wildman–Crippen MR) is 74.0 cm³/mol. The molecule has 0 saturated carbocycles. The molecule has 2 N–H and O–H groups in total. The molecule has 110 valence electrons. The summed E-state index contributed by atoms with van der Waals surface area (Å²) in [7, 11) is 0. The maximum Gasteiger partial charge on any atom is 0.326 e. The predicted octanol–water partition coefficient (Wildman–Crippen LogP) is 2.46. The Hall–Kier alpha value is -1.26. The van der Waals surface area contributed by atoms with E-state index >= 15 is 0 Å². The number of rotatable bonds is 4. The molecule has 0 radical (unpaired) electrons. The lowest BCUT2D eigenvalue weighted by atomic mass is 10.0. The topological polar surface area (TPSA) is 69.6 Å². The first-order valence-electron chi connectivity index (χ1n) is 7.21. The minimum Gasteiger partial charge on any atom is -0.480 e. The molecule has 5 heteroatoms. The Bertz CT molecular complexity index is 318. The number of hydrogen-bond donors (Lipinski definition) is 2. The monoisotopic (exact) mass is 270 g/mol. The number of nitrogens with one attached hydrogen (secondary N) is 1. The van der Waals surface area contributed by atoms with E-state index < -0.39 is 12.0 Å². The zero-order valence-corrected chi connectivity index (χ0v) is 12.2. The lowest BCUT2D eigenvalue weighted by Crippen LogP contribution is -2.51. The zero-order chi connectivity index (χ0) is 14.4. The Kier molecular flexibility index (Phi) is 6.12. The third-order valence-corrected chi connectivity index (χ3v) is 3.62. The molecule has 1 aliphatic heterocycles. The molecule has 1 aliphatic rings. The summed E-state index contributed by atoms with van der Waals surface area (Å²) in [5.41, 5.74) is 0. The van der Waals surface area contributed by atoms with Gasteiger partial charge in [0.2, 0.25) is 0 Å². The Balaban J connectivity index is 2.61. The summed E-state index contributed by atoms with van der Waals surface area (Å²) in [5, 5.41) is 11.8. The van der Waals surface area contributed by atoms with Crippen molar-refractivity contribution < 1.29 is 14.7 Å². The average Bonchev–Trinajstić information content (AvgIpc) is 2.52. The van der Waals surface area contributed by atoms with E-state index in [-0.39, 0.29) is 18.0 Å². The van der Waals surface area contributed by atoms with Crippen molar-refractivity contribution >= 4 is 12.0 Å². The molecular weight excluding hydrogens is 244 g/mol. The van der Waals surface area contributed by atoms with Gasteiger partial charge in [0.05, 0.1) is 0 Å². The maximum absolute atomic E-state index is 12.2. The fourth-order valence-electron chi connectivity index (χ4n) is 2.50. The van der Waals surface area contributed by atoms with Crippen LogP contribution in [0.15, 0.2) is 0 Å². The average molecular weight is 270 g/mol. The highest BCUT2D eigenvalue weighted by molar-refractivity contribution is 5.82. The van der Waals surface area contributed by atoms with E-state index in [2.05, 4.69) is 5.32 Å². The molecule has 0 aliphatic carbocycles. The van der Waals surface area contributed by atoms with Crippen LogP contribution >= 0.6 is 0 Å². The normalized spacial score (nSPS) is 21.9. The number of nitrogens with zero attached hydrogens (tertiary/aromatic N) is 1. The van der Waals surface area contributed by atoms with E-state index in [4.69, 9.17) is 5.11 Å². The molecule has 2 atom stereocenters. The fraction of sp³-hybridized carbons (Fsp3) is 0.857. The number of urea groups is 1. The second-order valence-electron chi connectivity index (χ2n) is 5.86. The molecule has 1 heterocycles. The molecule has 1 fully saturated rings. The summed E-state index contributed by atoms with van der Waals surface area (Å²) >= 11 is 0. The minimum atomic E-state index is -0.954. The molecule has 1 rings (SSSR count). The molecular formula is C14H26N2O3. The van der Waals surface area contributed by atoms with Crippen LogP contribution in [-0.4, -0.2) is 40.6 Å². The van der Waals surface area contributed by atoms with Gasteiger partial charge in [0, 0.05) is 12.6 Å². The number of carboxylic acids is 1. The lowest BCUT2D eigenvalue weighted by molar-refractivity contribution is -0.139. The molecule has 19 heavy (non-hydrogen) atoms. The summed E-state index contributed by atoms with van der Waals surface area (Å²) < 4.78 is 0. The molecule has 1 saturated heterocycles. The SMILES string of the molecule is CC(C)C[C@@H](NC(=O)N1CCCCCC1C)C(=O)O. The summed E-state index contributed by atoms with van der Waals surface area (Å²) in [6, 6.07) is -0.832. The van der Waals surface area contributed by atoms with Gasteiger partial charge in [-0.1, -0.05) is 26.7 Å². The first-order valence-corrected chi connectivity index (χ1v) is 7.21. The van der Waals surface area contributed by atoms with Crippen LogP contribution in [0.4, 0.5) is 4.79 Å². The van der Waals surface area contributed by atoms with Crippen LogP contribution in [0.5, 0.6) is 0 Å². The van der Waals surface area contributed by atoms with Gasteiger partial charge in [0.15, 0.2) is 0 Å². The van der Waals surface area contributed by atoms with Crippen LogP contribution in [-0.2, 0) is 4.79 Å².